The lowest BCUT2D eigenvalue weighted by molar-refractivity contribution is 0.600. The van der Waals surface area contributed by atoms with Crippen LogP contribution in [0.5, 0.6) is 0 Å². The molecule has 2 aromatic rings. The van der Waals surface area contributed by atoms with Crippen molar-refractivity contribution >= 4 is 19.4 Å². The fourth-order valence-electron chi connectivity index (χ4n) is 1.76. The van der Waals surface area contributed by atoms with Gasteiger partial charge in [0.15, 0.2) is 0 Å². The summed E-state index contributed by atoms with van der Waals surface area (Å²) in [6, 6.07) is 16.0. The minimum atomic E-state index is -1.60. The van der Waals surface area contributed by atoms with Gasteiger partial charge in [0.1, 0.15) is 0 Å². The van der Waals surface area contributed by atoms with E-state index in [0.29, 0.717) is 0 Å². The van der Waals surface area contributed by atoms with E-state index in [1.165, 1.54) is 11.1 Å². The van der Waals surface area contributed by atoms with Crippen LogP contribution in [0.25, 0.3) is 0 Å². The van der Waals surface area contributed by atoms with Crippen LogP contribution < -0.4 is 10.4 Å². The summed E-state index contributed by atoms with van der Waals surface area (Å²) in [5, 5.41) is 2.14. The molecule has 0 unspecified atom stereocenters. The topological polar surface area (TPSA) is 20.2 Å². The zero-order valence-corrected chi connectivity index (χ0v) is 10.6. The van der Waals surface area contributed by atoms with Crippen LogP contribution >= 0.6 is 0 Å². The molecule has 0 heterocycles. The molecule has 0 bridgehead atoms. The second-order valence-corrected chi connectivity index (χ2v) is 5.78. The van der Waals surface area contributed by atoms with E-state index in [2.05, 4.69) is 19.9 Å². The van der Waals surface area contributed by atoms with Crippen molar-refractivity contribution in [3.63, 3.8) is 0 Å². The van der Waals surface area contributed by atoms with Crippen molar-refractivity contribution in [1.29, 1.82) is 0 Å². The lowest BCUT2D eigenvalue weighted by atomic mass is 10.1. The maximum atomic E-state index is 10.4. The molecule has 2 aromatic carbocycles. The Hall–Kier alpha value is -1.38. The fraction of sp³-hybridized carbons (Fsp3) is 0.143. The molecule has 1 nitrogen and oxygen atoms in total. The van der Waals surface area contributed by atoms with Crippen molar-refractivity contribution in [3.8, 4) is 0 Å². The molecule has 0 amide bonds. The molecule has 0 atom stereocenters. The first kappa shape index (κ1) is 11.1. The summed E-state index contributed by atoms with van der Waals surface area (Å²) < 4.78 is 0. The van der Waals surface area contributed by atoms with Crippen molar-refractivity contribution in [2.45, 2.75) is 13.8 Å². The lowest BCUT2D eigenvalue weighted by Gasteiger charge is -2.12. The van der Waals surface area contributed by atoms with Gasteiger partial charge in [0, 0.05) is 0 Å². The molecule has 81 valence electrons. The van der Waals surface area contributed by atoms with Crippen molar-refractivity contribution in [1.82, 2.24) is 0 Å². The summed E-state index contributed by atoms with van der Waals surface area (Å²) in [5.74, 6) is 0. The molecular weight excluding hydrogens is 212 g/mol. The van der Waals surface area contributed by atoms with E-state index in [1.54, 1.807) is 0 Å². The summed E-state index contributed by atoms with van der Waals surface area (Å²) in [7, 11) is -1.60. The summed E-state index contributed by atoms with van der Waals surface area (Å²) in [4.78, 5) is 10.4. The molecule has 1 radical (unpaired) electrons. The molecule has 2 heteroatoms. The van der Waals surface area contributed by atoms with Crippen LogP contribution in [-0.4, -0.2) is 13.8 Å². The first-order chi connectivity index (χ1) is 7.70. The molecule has 0 spiro atoms. The molecule has 0 saturated heterocycles. The maximum Gasteiger partial charge on any atom is 0.280 e. The van der Waals surface area contributed by atoms with E-state index in [9.17, 15) is 4.80 Å². The zero-order valence-electron chi connectivity index (χ0n) is 9.57. The number of aryl methyl sites for hydroxylation is 1. The highest BCUT2D eigenvalue weighted by molar-refractivity contribution is 6.79. The van der Waals surface area contributed by atoms with Gasteiger partial charge >= 0.3 is 0 Å². The minimum Gasteiger partial charge on any atom is -0.424 e. The predicted molar refractivity (Wildman–Crippen MR) is 69.6 cm³/mol. The summed E-state index contributed by atoms with van der Waals surface area (Å²) in [6.07, 6.45) is 0. The monoisotopic (exact) mass is 227 g/mol. The Kier molecular flexibility index (Phi) is 3.22. The van der Waals surface area contributed by atoms with E-state index in [0.717, 1.165) is 10.4 Å². The quantitative estimate of drug-likeness (QED) is 0.769. The van der Waals surface area contributed by atoms with Crippen LogP contribution in [-0.2, 0) is 0 Å². The van der Waals surface area contributed by atoms with Gasteiger partial charge in [-0.3, -0.25) is 0 Å². The van der Waals surface area contributed by atoms with Gasteiger partial charge in [-0.25, -0.2) is 0 Å². The molecule has 1 N–H and O–H groups in total. The van der Waals surface area contributed by atoms with E-state index < -0.39 is 9.04 Å². The molecule has 16 heavy (non-hydrogen) atoms. The van der Waals surface area contributed by atoms with Gasteiger partial charge in [-0.2, -0.15) is 0 Å². The smallest absolute Gasteiger partial charge is 0.280 e. The van der Waals surface area contributed by atoms with Crippen LogP contribution in [0.4, 0.5) is 0 Å². The van der Waals surface area contributed by atoms with Crippen LogP contribution in [0.3, 0.4) is 0 Å². The summed E-state index contributed by atoms with van der Waals surface area (Å²) >= 11 is 0. The van der Waals surface area contributed by atoms with E-state index in [-0.39, 0.29) is 0 Å². The second-order valence-electron chi connectivity index (χ2n) is 3.96. The van der Waals surface area contributed by atoms with Gasteiger partial charge in [-0.15, -0.1) is 0 Å². The second kappa shape index (κ2) is 4.64. The Balaban J connectivity index is 2.42. The Labute approximate surface area is 98.1 Å². The van der Waals surface area contributed by atoms with Gasteiger partial charge in [-0.1, -0.05) is 48.5 Å². The first-order valence-electron chi connectivity index (χ1n) is 5.38. The van der Waals surface area contributed by atoms with Crippen LogP contribution in [0.1, 0.15) is 11.1 Å². The highest BCUT2D eigenvalue weighted by Gasteiger charge is 2.16. The highest BCUT2D eigenvalue weighted by atomic mass is 28.3. The fourth-order valence-corrected chi connectivity index (χ4v) is 3.38. The van der Waals surface area contributed by atoms with Crippen molar-refractivity contribution in [3.05, 3.63) is 59.7 Å². The van der Waals surface area contributed by atoms with Gasteiger partial charge in [0.2, 0.25) is 0 Å². The van der Waals surface area contributed by atoms with Gasteiger partial charge in [0.25, 0.3) is 9.04 Å². The van der Waals surface area contributed by atoms with Crippen LogP contribution in [0, 0.1) is 13.8 Å². The number of hydrogen-bond donors (Lipinski definition) is 1. The number of hydrogen-bond acceptors (Lipinski definition) is 1. The average molecular weight is 227 g/mol. The zero-order chi connectivity index (χ0) is 11.5. The molecule has 2 rings (SSSR count). The Morgan fingerprint density at radius 3 is 2.25 bits per heavy atom. The molecule has 0 aliphatic heterocycles. The Morgan fingerprint density at radius 1 is 0.875 bits per heavy atom. The summed E-state index contributed by atoms with van der Waals surface area (Å²) in [6.45, 7) is 4.16. The maximum absolute atomic E-state index is 10.4. The molecule has 0 aromatic heterocycles. The molecule has 0 saturated carbocycles. The normalized spacial score (nSPS) is 10.8. The van der Waals surface area contributed by atoms with E-state index in [1.807, 2.05) is 42.5 Å². The van der Waals surface area contributed by atoms with Crippen molar-refractivity contribution in [2.75, 3.05) is 0 Å². The SMILES string of the molecule is Cc1cccc([Si](O)c2ccccc2)c1C. The third-order valence-electron chi connectivity index (χ3n) is 2.91. The highest BCUT2D eigenvalue weighted by Crippen LogP contribution is 2.03. The van der Waals surface area contributed by atoms with Crippen molar-refractivity contribution in [2.24, 2.45) is 0 Å². The van der Waals surface area contributed by atoms with Gasteiger partial charge < -0.3 is 4.80 Å². The Bertz CT molecular complexity index is 479. The third kappa shape index (κ3) is 2.08. The largest absolute Gasteiger partial charge is 0.424 e. The number of benzene rings is 2. The average Bonchev–Trinajstić information content (AvgIpc) is 2.33. The predicted octanol–water partition coefficient (Wildman–Crippen LogP) is 1.40. The molecule has 0 aliphatic rings. The van der Waals surface area contributed by atoms with E-state index >= 15 is 0 Å². The third-order valence-corrected chi connectivity index (χ3v) is 4.84. The number of rotatable bonds is 2. The first-order valence-corrected chi connectivity index (χ1v) is 6.83. The van der Waals surface area contributed by atoms with E-state index in [4.69, 9.17) is 0 Å². The minimum absolute atomic E-state index is 1.04. The summed E-state index contributed by atoms with van der Waals surface area (Å²) in [5.41, 5.74) is 2.45. The van der Waals surface area contributed by atoms with Gasteiger partial charge in [-0.05, 0) is 35.3 Å². The van der Waals surface area contributed by atoms with Crippen LogP contribution in [0.15, 0.2) is 48.5 Å². The van der Waals surface area contributed by atoms with Crippen LogP contribution in [0.2, 0.25) is 0 Å². The molecular formula is C14H15OSi. The Morgan fingerprint density at radius 2 is 1.56 bits per heavy atom. The molecule has 0 fully saturated rings. The standard InChI is InChI=1S/C14H15OSi/c1-11-7-6-10-14(12(11)2)16(15)13-8-4-3-5-9-13/h3-10,15H,1-2H3. The van der Waals surface area contributed by atoms with Crippen molar-refractivity contribution < 1.29 is 4.80 Å². The molecule has 0 aliphatic carbocycles. The van der Waals surface area contributed by atoms with Gasteiger partial charge in [0.05, 0.1) is 0 Å². The lowest BCUT2D eigenvalue weighted by Crippen LogP contribution is -2.43.